The van der Waals surface area contributed by atoms with Gasteiger partial charge in [0.15, 0.2) is 0 Å². The third kappa shape index (κ3) is 3.11. The molecule has 1 aromatic carbocycles. The Kier molecular flexibility index (Phi) is 4.26. The molecule has 24 heavy (non-hydrogen) atoms. The molecule has 0 spiro atoms. The number of nitrogens with one attached hydrogen (secondary N) is 1. The van der Waals surface area contributed by atoms with Crippen LogP contribution >= 0.6 is 0 Å². The summed E-state index contributed by atoms with van der Waals surface area (Å²) in [6.07, 6.45) is 4.71. The highest BCUT2D eigenvalue weighted by Crippen LogP contribution is 2.49. The SMILES string of the molecule is COc1cc(C#N)ccc1C(=O)N[C@@H](C(=O)O)C1=CCC2CC2C1. The molecule has 1 saturated carbocycles. The Bertz CT molecular complexity index is 763. The van der Waals surface area contributed by atoms with Crippen molar-refractivity contribution < 1.29 is 19.4 Å². The predicted octanol–water partition coefficient (Wildman–Crippen LogP) is 2.11. The molecule has 0 bridgehead atoms. The molecule has 2 aliphatic carbocycles. The van der Waals surface area contributed by atoms with Crippen molar-refractivity contribution in [2.45, 2.75) is 25.3 Å². The zero-order valence-corrected chi connectivity index (χ0v) is 13.3. The number of benzene rings is 1. The smallest absolute Gasteiger partial charge is 0.330 e. The van der Waals surface area contributed by atoms with Crippen LogP contribution in [0.15, 0.2) is 29.8 Å². The zero-order chi connectivity index (χ0) is 17.3. The molecule has 2 aliphatic rings. The molecule has 124 valence electrons. The number of ether oxygens (including phenoxy) is 1. The summed E-state index contributed by atoms with van der Waals surface area (Å²) in [6.45, 7) is 0. The molecular weight excluding hydrogens is 308 g/mol. The number of nitrogens with zero attached hydrogens (tertiary/aromatic N) is 1. The predicted molar refractivity (Wildman–Crippen MR) is 85.5 cm³/mol. The van der Waals surface area contributed by atoms with Crippen molar-refractivity contribution in [2.75, 3.05) is 7.11 Å². The van der Waals surface area contributed by atoms with Gasteiger partial charge < -0.3 is 15.2 Å². The first kappa shape index (κ1) is 16.1. The Morgan fingerprint density at radius 3 is 2.83 bits per heavy atom. The highest BCUT2D eigenvalue weighted by Gasteiger charge is 2.41. The molecule has 1 fully saturated rings. The van der Waals surface area contributed by atoms with Crippen LogP contribution < -0.4 is 10.1 Å². The fourth-order valence-corrected chi connectivity index (χ4v) is 3.24. The molecule has 3 rings (SSSR count). The van der Waals surface area contributed by atoms with Crippen LogP contribution in [-0.2, 0) is 4.79 Å². The van der Waals surface area contributed by atoms with Gasteiger partial charge in [-0.2, -0.15) is 5.26 Å². The van der Waals surface area contributed by atoms with Crippen molar-refractivity contribution in [1.29, 1.82) is 5.26 Å². The maximum Gasteiger partial charge on any atom is 0.330 e. The lowest BCUT2D eigenvalue weighted by molar-refractivity contribution is -0.138. The second-order valence-electron chi connectivity index (χ2n) is 6.25. The average Bonchev–Trinajstić information content (AvgIpc) is 3.37. The molecule has 0 aromatic heterocycles. The molecule has 3 atom stereocenters. The Hall–Kier alpha value is -2.81. The minimum absolute atomic E-state index is 0.212. The number of carbonyl (C=O) groups is 2. The fourth-order valence-electron chi connectivity index (χ4n) is 3.24. The van der Waals surface area contributed by atoms with Crippen LogP contribution in [0, 0.1) is 23.2 Å². The van der Waals surface area contributed by atoms with E-state index in [0.29, 0.717) is 17.4 Å². The van der Waals surface area contributed by atoms with Gasteiger partial charge >= 0.3 is 5.97 Å². The van der Waals surface area contributed by atoms with E-state index < -0.39 is 17.9 Å². The van der Waals surface area contributed by atoms with E-state index in [1.165, 1.54) is 25.3 Å². The van der Waals surface area contributed by atoms with Gasteiger partial charge in [-0.15, -0.1) is 0 Å². The van der Waals surface area contributed by atoms with Crippen LogP contribution in [0.2, 0.25) is 0 Å². The summed E-state index contributed by atoms with van der Waals surface area (Å²) >= 11 is 0. The Labute approximate surface area is 139 Å². The number of hydrogen-bond donors (Lipinski definition) is 2. The number of carboxylic acids is 1. The van der Waals surface area contributed by atoms with Crippen molar-refractivity contribution in [1.82, 2.24) is 5.32 Å². The minimum Gasteiger partial charge on any atom is -0.496 e. The molecule has 0 aliphatic heterocycles. The van der Waals surface area contributed by atoms with E-state index in [1.54, 1.807) is 0 Å². The standard InChI is InChI=1S/C18H18N2O4/c1-24-15-6-10(9-19)2-5-14(15)17(21)20-16(18(22)23)12-4-3-11-7-13(11)8-12/h2,4-6,11,13,16H,3,7-8H2,1H3,(H,20,21)(H,22,23)/t11?,13?,16-/m1/s1. The number of carboxylic acid groups (broad SMARTS) is 1. The monoisotopic (exact) mass is 326 g/mol. The van der Waals surface area contributed by atoms with Gasteiger partial charge in [-0.05, 0) is 54.9 Å². The van der Waals surface area contributed by atoms with E-state index in [-0.39, 0.29) is 11.3 Å². The van der Waals surface area contributed by atoms with E-state index in [9.17, 15) is 14.7 Å². The Morgan fingerprint density at radius 2 is 2.21 bits per heavy atom. The number of fused-ring (bicyclic) bond motifs is 1. The van der Waals surface area contributed by atoms with Crippen molar-refractivity contribution in [3.63, 3.8) is 0 Å². The third-order valence-electron chi connectivity index (χ3n) is 4.72. The van der Waals surface area contributed by atoms with Crippen molar-refractivity contribution >= 4 is 11.9 Å². The van der Waals surface area contributed by atoms with Crippen molar-refractivity contribution in [3.05, 3.63) is 41.0 Å². The quantitative estimate of drug-likeness (QED) is 0.807. The molecule has 2 unspecified atom stereocenters. The zero-order valence-electron chi connectivity index (χ0n) is 13.3. The first-order valence-electron chi connectivity index (χ1n) is 7.84. The second kappa shape index (κ2) is 6.36. The maximum atomic E-state index is 12.5. The molecular formula is C18H18N2O4. The van der Waals surface area contributed by atoms with E-state index in [2.05, 4.69) is 5.32 Å². The van der Waals surface area contributed by atoms with E-state index in [4.69, 9.17) is 10.00 Å². The van der Waals surface area contributed by atoms with Crippen LogP contribution in [0.4, 0.5) is 0 Å². The van der Waals surface area contributed by atoms with E-state index >= 15 is 0 Å². The molecule has 0 saturated heterocycles. The van der Waals surface area contributed by atoms with Crippen LogP contribution in [-0.4, -0.2) is 30.1 Å². The summed E-state index contributed by atoms with van der Waals surface area (Å²) in [5.74, 6) is -0.0924. The van der Waals surface area contributed by atoms with E-state index in [1.807, 2.05) is 12.1 Å². The van der Waals surface area contributed by atoms with E-state index in [0.717, 1.165) is 24.8 Å². The summed E-state index contributed by atoms with van der Waals surface area (Å²) in [4.78, 5) is 24.1. The third-order valence-corrected chi connectivity index (χ3v) is 4.72. The number of rotatable bonds is 5. The molecule has 1 amide bonds. The summed E-state index contributed by atoms with van der Waals surface area (Å²) in [7, 11) is 1.40. The fraction of sp³-hybridized carbons (Fsp3) is 0.389. The number of hydrogen-bond acceptors (Lipinski definition) is 4. The lowest BCUT2D eigenvalue weighted by Crippen LogP contribution is -2.42. The summed E-state index contributed by atoms with van der Waals surface area (Å²) < 4.78 is 5.15. The van der Waals surface area contributed by atoms with Crippen LogP contribution in [0.25, 0.3) is 0 Å². The number of carbonyl (C=O) groups excluding carboxylic acids is 1. The lowest BCUT2D eigenvalue weighted by Gasteiger charge is -2.21. The first-order valence-corrected chi connectivity index (χ1v) is 7.84. The normalized spacial score (nSPS) is 22.4. The van der Waals surface area contributed by atoms with Gasteiger partial charge in [0.1, 0.15) is 11.8 Å². The average molecular weight is 326 g/mol. The van der Waals surface area contributed by atoms with Gasteiger partial charge in [-0.3, -0.25) is 4.79 Å². The number of amides is 1. The van der Waals surface area contributed by atoms with Gasteiger partial charge in [0.25, 0.3) is 5.91 Å². The molecule has 0 radical (unpaired) electrons. The van der Waals surface area contributed by atoms with Gasteiger partial charge in [0, 0.05) is 0 Å². The maximum absolute atomic E-state index is 12.5. The Morgan fingerprint density at radius 1 is 1.42 bits per heavy atom. The number of nitriles is 1. The second-order valence-corrected chi connectivity index (χ2v) is 6.25. The van der Waals surface area contributed by atoms with Gasteiger partial charge in [-0.25, -0.2) is 4.79 Å². The molecule has 0 heterocycles. The largest absolute Gasteiger partial charge is 0.496 e. The van der Waals surface area contributed by atoms with Gasteiger partial charge in [0.2, 0.25) is 0 Å². The first-order chi connectivity index (χ1) is 11.5. The number of methoxy groups -OCH3 is 1. The number of aliphatic carboxylic acids is 1. The summed E-state index contributed by atoms with van der Waals surface area (Å²) in [5.41, 5.74) is 1.35. The molecule has 2 N–H and O–H groups in total. The Balaban J connectivity index is 1.80. The van der Waals surface area contributed by atoms with Crippen LogP contribution in [0.3, 0.4) is 0 Å². The molecule has 6 heteroatoms. The van der Waals surface area contributed by atoms with Crippen LogP contribution in [0.1, 0.15) is 35.2 Å². The topological polar surface area (TPSA) is 99.4 Å². The lowest BCUT2D eigenvalue weighted by atomic mass is 9.93. The summed E-state index contributed by atoms with van der Waals surface area (Å²) in [6, 6.07) is 5.37. The van der Waals surface area contributed by atoms with Crippen LogP contribution in [0.5, 0.6) is 5.75 Å². The minimum atomic E-state index is -1.07. The number of allylic oxidation sites excluding steroid dienone is 1. The van der Waals surface area contributed by atoms with Crippen molar-refractivity contribution in [2.24, 2.45) is 11.8 Å². The van der Waals surface area contributed by atoms with Crippen molar-refractivity contribution in [3.8, 4) is 11.8 Å². The molecule has 6 nitrogen and oxygen atoms in total. The van der Waals surface area contributed by atoms with Gasteiger partial charge in [0.05, 0.1) is 24.3 Å². The highest BCUT2D eigenvalue weighted by atomic mass is 16.5. The molecule has 1 aromatic rings. The highest BCUT2D eigenvalue weighted by molar-refractivity contribution is 5.99. The van der Waals surface area contributed by atoms with Gasteiger partial charge in [-0.1, -0.05) is 6.08 Å². The summed E-state index contributed by atoms with van der Waals surface area (Å²) in [5, 5.41) is 21.0.